The summed E-state index contributed by atoms with van der Waals surface area (Å²) in [6.07, 6.45) is 2.09. The lowest BCUT2D eigenvalue weighted by molar-refractivity contribution is -0.132. The van der Waals surface area contributed by atoms with Crippen molar-refractivity contribution >= 4 is 33.4 Å². The van der Waals surface area contributed by atoms with Crippen molar-refractivity contribution in [1.29, 1.82) is 0 Å². The van der Waals surface area contributed by atoms with Gasteiger partial charge in [0, 0.05) is 34.9 Å². The highest BCUT2D eigenvalue weighted by Gasteiger charge is 2.18. The lowest BCUT2D eigenvalue weighted by atomic mass is 10.1. The van der Waals surface area contributed by atoms with Crippen LogP contribution >= 0.6 is 15.9 Å². The molecule has 0 saturated carbocycles. The molecule has 0 spiro atoms. The van der Waals surface area contributed by atoms with Crippen LogP contribution in [-0.2, 0) is 4.79 Å². The third-order valence-electron chi connectivity index (χ3n) is 4.88. The van der Waals surface area contributed by atoms with E-state index in [0.717, 1.165) is 36.0 Å². The molecule has 4 rings (SSSR count). The van der Waals surface area contributed by atoms with Crippen LogP contribution in [-0.4, -0.2) is 46.6 Å². The lowest BCUT2D eigenvalue weighted by Gasteiger charge is -2.15. The van der Waals surface area contributed by atoms with E-state index in [2.05, 4.69) is 31.4 Å². The molecule has 1 fully saturated rings. The first kappa shape index (κ1) is 20.2. The van der Waals surface area contributed by atoms with Crippen molar-refractivity contribution in [1.82, 2.24) is 15.1 Å². The summed E-state index contributed by atoms with van der Waals surface area (Å²) in [5, 5.41) is 9.81. The van der Waals surface area contributed by atoms with Gasteiger partial charge in [-0.1, -0.05) is 34.1 Å². The van der Waals surface area contributed by atoms with Gasteiger partial charge in [0.15, 0.2) is 6.61 Å². The van der Waals surface area contributed by atoms with Gasteiger partial charge in [-0.2, -0.15) is 5.10 Å². The molecule has 30 heavy (non-hydrogen) atoms. The zero-order valence-electron chi connectivity index (χ0n) is 16.2. The van der Waals surface area contributed by atoms with Crippen LogP contribution in [0.15, 0.2) is 59.1 Å². The summed E-state index contributed by atoms with van der Waals surface area (Å²) in [6, 6.07) is 16.4. The van der Waals surface area contributed by atoms with E-state index < -0.39 is 0 Å². The van der Waals surface area contributed by atoms with Crippen molar-refractivity contribution in [3.63, 3.8) is 0 Å². The summed E-state index contributed by atoms with van der Waals surface area (Å²) in [5.41, 5.74) is 2.52. The number of nitrogens with zero attached hydrogens (tertiary/aromatic N) is 2. The number of aromatic nitrogens is 2. The number of carbonyl (C=O) groups excluding carboxylic acids is 2. The van der Waals surface area contributed by atoms with E-state index in [-0.39, 0.29) is 18.4 Å². The van der Waals surface area contributed by atoms with Crippen LogP contribution in [0.4, 0.5) is 5.69 Å². The molecule has 7 nitrogen and oxygen atoms in total. The Morgan fingerprint density at radius 2 is 1.87 bits per heavy atom. The van der Waals surface area contributed by atoms with Crippen LogP contribution in [0, 0.1) is 0 Å². The van der Waals surface area contributed by atoms with Gasteiger partial charge in [0.1, 0.15) is 11.4 Å². The molecule has 154 valence electrons. The number of carbonyl (C=O) groups is 2. The quantitative estimate of drug-likeness (QED) is 0.570. The first-order valence-corrected chi connectivity index (χ1v) is 10.5. The lowest BCUT2D eigenvalue weighted by Crippen LogP contribution is -2.32. The smallest absolute Gasteiger partial charge is 0.273 e. The zero-order chi connectivity index (χ0) is 20.9. The van der Waals surface area contributed by atoms with Gasteiger partial charge in [-0.05, 0) is 43.2 Å². The molecule has 2 N–H and O–H groups in total. The van der Waals surface area contributed by atoms with Gasteiger partial charge >= 0.3 is 0 Å². The number of amides is 2. The molecule has 2 aromatic carbocycles. The van der Waals surface area contributed by atoms with E-state index in [4.69, 9.17) is 4.74 Å². The van der Waals surface area contributed by atoms with Gasteiger partial charge < -0.3 is 15.0 Å². The fourth-order valence-electron chi connectivity index (χ4n) is 3.27. The van der Waals surface area contributed by atoms with Crippen LogP contribution in [0.5, 0.6) is 5.75 Å². The van der Waals surface area contributed by atoms with Crippen LogP contribution in [0.25, 0.3) is 11.3 Å². The molecule has 3 aromatic rings. The highest BCUT2D eigenvalue weighted by molar-refractivity contribution is 9.10. The Labute approximate surface area is 182 Å². The van der Waals surface area contributed by atoms with Gasteiger partial charge in [0.2, 0.25) is 0 Å². The normalized spacial score (nSPS) is 13.3. The molecule has 0 aliphatic carbocycles. The summed E-state index contributed by atoms with van der Waals surface area (Å²) < 4.78 is 6.59. The van der Waals surface area contributed by atoms with Crippen LogP contribution in [0.2, 0.25) is 0 Å². The molecule has 1 aliphatic rings. The van der Waals surface area contributed by atoms with Crippen molar-refractivity contribution < 1.29 is 14.3 Å². The van der Waals surface area contributed by atoms with Crippen molar-refractivity contribution in [3.8, 4) is 17.0 Å². The van der Waals surface area contributed by atoms with E-state index >= 15 is 0 Å². The first-order chi connectivity index (χ1) is 14.6. The summed E-state index contributed by atoms with van der Waals surface area (Å²) >= 11 is 3.40. The molecule has 2 amide bonds. The third-order valence-corrected chi connectivity index (χ3v) is 5.40. The fraction of sp³-hybridized carbons (Fsp3) is 0.227. The third kappa shape index (κ3) is 4.88. The number of hydrogen-bond acceptors (Lipinski definition) is 4. The Kier molecular flexibility index (Phi) is 6.13. The molecule has 1 aliphatic heterocycles. The minimum absolute atomic E-state index is 0.00546. The van der Waals surface area contributed by atoms with Gasteiger partial charge in [-0.3, -0.25) is 14.7 Å². The summed E-state index contributed by atoms with van der Waals surface area (Å²) in [4.78, 5) is 26.5. The highest BCUT2D eigenvalue weighted by atomic mass is 79.9. The summed E-state index contributed by atoms with van der Waals surface area (Å²) in [5.74, 6) is 0.205. The van der Waals surface area contributed by atoms with Crippen LogP contribution < -0.4 is 10.1 Å². The predicted molar refractivity (Wildman–Crippen MR) is 117 cm³/mol. The number of ether oxygens (including phenoxy) is 1. The maximum absolute atomic E-state index is 12.6. The van der Waals surface area contributed by atoms with Crippen molar-refractivity contribution in [2.45, 2.75) is 12.8 Å². The number of benzene rings is 2. The van der Waals surface area contributed by atoms with Gasteiger partial charge in [0.05, 0.1) is 5.69 Å². The molecule has 1 aromatic heterocycles. The number of aromatic amines is 1. The molecule has 2 heterocycles. The van der Waals surface area contributed by atoms with Gasteiger partial charge in [0.25, 0.3) is 11.8 Å². The standard InChI is InChI=1S/C22H21BrN4O3/c23-16-8-6-15(7-9-16)19-13-20(26-25-19)22(29)24-17-4-3-5-18(12-17)30-14-21(28)27-10-1-2-11-27/h3-9,12-13H,1-2,10-11,14H2,(H,24,29)(H,25,26). The first-order valence-electron chi connectivity index (χ1n) is 9.72. The summed E-state index contributed by atoms with van der Waals surface area (Å²) in [6.45, 7) is 1.59. The Balaban J connectivity index is 1.37. The maximum Gasteiger partial charge on any atom is 0.273 e. The number of hydrogen-bond donors (Lipinski definition) is 2. The van der Waals surface area contributed by atoms with Gasteiger partial charge in [-0.25, -0.2) is 0 Å². The number of anilines is 1. The molecule has 0 radical (unpaired) electrons. The molecular formula is C22H21BrN4O3. The SMILES string of the molecule is O=C(Nc1cccc(OCC(=O)N2CCCC2)c1)c1cc(-c2ccc(Br)cc2)n[nH]1. The predicted octanol–water partition coefficient (Wildman–Crippen LogP) is 4.09. The number of likely N-dealkylation sites (tertiary alicyclic amines) is 1. The number of rotatable bonds is 6. The van der Waals surface area contributed by atoms with Crippen molar-refractivity contribution in [2.24, 2.45) is 0 Å². The van der Waals surface area contributed by atoms with Crippen molar-refractivity contribution in [3.05, 3.63) is 64.8 Å². The molecule has 8 heteroatoms. The molecular weight excluding hydrogens is 448 g/mol. The zero-order valence-corrected chi connectivity index (χ0v) is 17.8. The van der Waals surface area contributed by atoms with E-state index in [0.29, 0.717) is 22.8 Å². The van der Waals surface area contributed by atoms with Gasteiger partial charge in [-0.15, -0.1) is 0 Å². The molecule has 1 saturated heterocycles. The van der Waals surface area contributed by atoms with E-state index in [1.54, 1.807) is 30.3 Å². The van der Waals surface area contributed by atoms with Crippen LogP contribution in [0.3, 0.4) is 0 Å². The number of H-pyrrole nitrogens is 1. The Morgan fingerprint density at radius 1 is 1.10 bits per heavy atom. The largest absolute Gasteiger partial charge is 0.484 e. The van der Waals surface area contributed by atoms with Crippen molar-refractivity contribution in [2.75, 3.05) is 25.0 Å². The molecule has 0 bridgehead atoms. The summed E-state index contributed by atoms with van der Waals surface area (Å²) in [7, 11) is 0. The van der Waals surface area contributed by atoms with E-state index in [1.807, 2.05) is 29.2 Å². The molecule has 0 unspecified atom stereocenters. The Morgan fingerprint density at radius 3 is 2.63 bits per heavy atom. The van der Waals surface area contributed by atoms with Crippen LogP contribution in [0.1, 0.15) is 23.3 Å². The monoisotopic (exact) mass is 468 g/mol. The Bertz CT molecular complexity index is 1040. The maximum atomic E-state index is 12.6. The second-order valence-electron chi connectivity index (χ2n) is 7.03. The average Bonchev–Trinajstić information content (AvgIpc) is 3.45. The topological polar surface area (TPSA) is 87.3 Å². The minimum atomic E-state index is -0.309. The van der Waals surface area contributed by atoms with E-state index in [9.17, 15) is 9.59 Å². The molecule has 0 atom stereocenters. The number of nitrogens with one attached hydrogen (secondary N) is 2. The second-order valence-corrected chi connectivity index (χ2v) is 7.95. The fourth-order valence-corrected chi connectivity index (χ4v) is 3.54. The highest BCUT2D eigenvalue weighted by Crippen LogP contribution is 2.22. The second kappa shape index (κ2) is 9.13. The average molecular weight is 469 g/mol. The number of halogens is 1. The van der Waals surface area contributed by atoms with E-state index in [1.165, 1.54) is 0 Å². The minimum Gasteiger partial charge on any atom is -0.484 e. The Hall–Kier alpha value is -3.13.